The van der Waals surface area contributed by atoms with Crippen LogP contribution in [0.5, 0.6) is 5.75 Å². The highest BCUT2D eigenvalue weighted by Gasteiger charge is 2.28. The van der Waals surface area contributed by atoms with E-state index in [4.69, 9.17) is 4.74 Å². The number of benzene rings is 2. The molecule has 1 aromatic heterocycles. The summed E-state index contributed by atoms with van der Waals surface area (Å²) in [6, 6.07) is 16.0. The van der Waals surface area contributed by atoms with Crippen LogP contribution in [0.25, 0.3) is 6.08 Å². The van der Waals surface area contributed by atoms with E-state index in [1.807, 2.05) is 65.4 Å². The molecule has 1 amide bonds. The third-order valence-electron chi connectivity index (χ3n) is 5.17. The van der Waals surface area contributed by atoms with Gasteiger partial charge < -0.3 is 9.64 Å². The molecule has 1 aliphatic heterocycles. The summed E-state index contributed by atoms with van der Waals surface area (Å²) in [6.07, 6.45) is 7.42. The molecule has 5 heteroatoms. The molecule has 1 atom stereocenters. The van der Waals surface area contributed by atoms with Crippen molar-refractivity contribution in [1.82, 2.24) is 14.7 Å². The molecule has 2 heterocycles. The highest BCUT2D eigenvalue weighted by atomic mass is 16.5. The molecule has 0 radical (unpaired) electrons. The normalized spacial score (nSPS) is 16.2. The molecule has 1 aliphatic rings. The number of methoxy groups -OCH3 is 1. The van der Waals surface area contributed by atoms with Crippen LogP contribution in [-0.4, -0.2) is 34.2 Å². The van der Waals surface area contributed by atoms with Gasteiger partial charge in [-0.1, -0.05) is 36.4 Å². The maximum absolute atomic E-state index is 12.9. The van der Waals surface area contributed by atoms with Crippen LogP contribution in [-0.2, 0) is 18.4 Å². The predicted octanol–water partition coefficient (Wildman–Crippen LogP) is 3.62. The number of rotatable bonds is 4. The molecule has 0 bridgehead atoms. The summed E-state index contributed by atoms with van der Waals surface area (Å²) >= 11 is 0. The predicted molar refractivity (Wildman–Crippen MR) is 109 cm³/mol. The Morgan fingerprint density at radius 1 is 1.18 bits per heavy atom. The van der Waals surface area contributed by atoms with E-state index in [1.165, 1.54) is 11.1 Å². The van der Waals surface area contributed by atoms with Gasteiger partial charge in [-0.2, -0.15) is 5.10 Å². The van der Waals surface area contributed by atoms with Gasteiger partial charge in [-0.25, -0.2) is 0 Å². The molecule has 0 spiro atoms. The number of hydrogen-bond acceptors (Lipinski definition) is 3. The molecule has 0 saturated heterocycles. The SMILES string of the molecule is COc1ccc(/C=C/C(=O)N2Cc3ccccc3C(c3cnn(C)c3)C2)cc1. The minimum Gasteiger partial charge on any atom is -0.497 e. The first-order valence-corrected chi connectivity index (χ1v) is 9.31. The van der Waals surface area contributed by atoms with Gasteiger partial charge in [0.2, 0.25) is 5.91 Å². The lowest BCUT2D eigenvalue weighted by Crippen LogP contribution is -2.37. The standard InChI is InChI=1S/C23H23N3O2/c1-25-14-19(13-24-25)22-16-26(15-18-5-3-4-6-21(18)22)23(27)12-9-17-7-10-20(28-2)11-8-17/h3-14,22H,15-16H2,1-2H3/b12-9+. The maximum atomic E-state index is 12.9. The second-order valence-corrected chi connectivity index (χ2v) is 7.02. The Bertz CT molecular complexity index is 1000. The highest BCUT2D eigenvalue weighted by Crippen LogP contribution is 2.33. The number of amides is 1. The van der Waals surface area contributed by atoms with Crippen LogP contribution in [0, 0.1) is 0 Å². The van der Waals surface area contributed by atoms with Crippen LogP contribution in [0.2, 0.25) is 0 Å². The summed E-state index contributed by atoms with van der Waals surface area (Å²) in [7, 11) is 3.56. The van der Waals surface area contributed by atoms with Crippen LogP contribution in [0.3, 0.4) is 0 Å². The first kappa shape index (κ1) is 18.0. The lowest BCUT2D eigenvalue weighted by molar-refractivity contribution is -0.127. The molecule has 0 N–H and O–H groups in total. The highest BCUT2D eigenvalue weighted by molar-refractivity contribution is 5.92. The summed E-state index contributed by atoms with van der Waals surface area (Å²) < 4.78 is 6.98. The van der Waals surface area contributed by atoms with Crippen molar-refractivity contribution in [3.8, 4) is 5.75 Å². The molecule has 1 unspecified atom stereocenters. The zero-order valence-electron chi connectivity index (χ0n) is 16.1. The van der Waals surface area contributed by atoms with E-state index in [-0.39, 0.29) is 11.8 Å². The summed E-state index contributed by atoms with van der Waals surface area (Å²) in [5, 5.41) is 4.31. The van der Waals surface area contributed by atoms with Gasteiger partial charge in [-0.15, -0.1) is 0 Å². The third kappa shape index (κ3) is 3.69. The van der Waals surface area contributed by atoms with E-state index in [0.717, 1.165) is 16.9 Å². The Labute approximate surface area is 164 Å². The second-order valence-electron chi connectivity index (χ2n) is 7.02. The van der Waals surface area contributed by atoms with Crippen LogP contribution >= 0.6 is 0 Å². The van der Waals surface area contributed by atoms with Crippen molar-refractivity contribution in [1.29, 1.82) is 0 Å². The minimum atomic E-state index is 0.0132. The molecule has 28 heavy (non-hydrogen) atoms. The number of carbonyl (C=O) groups is 1. The fraction of sp³-hybridized carbons (Fsp3) is 0.217. The number of fused-ring (bicyclic) bond motifs is 1. The number of hydrogen-bond donors (Lipinski definition) is 0. The molecule has 142 valence electrons. The maximum Gasteiger partial charge on any atom is 0.246 e. The van der Waals surface area contributed by atoms with Gasteiger partial charge in [-0.05, 0) is 40.5 Å². The fourth-order valence-corrected chi connectivity index (χ4v) is 3.67. The minimum absolute atomic E-state index is 0.0132. The summed E-state index contributed by atoms with van der Waals surface area (Å²) in [4.78, 5) is 14.8. The average molecular weight is 373 g/mol. The van der Waals surface area contributed by atoms with Crippen LogP contribution in [0.1, 0.15) is 28.2 Å². The molecule has 2 aromatic carbocycles. The van der Waals surface area contributed by atoms with Crippen molar-refractivity contribution in [3.63, 3.8) is 0 Å². The van der Waals surface area contributed by atoms with E-state index in [2.05, 4.69) is 23.3 Å². The Morgan fingerprint density at radius 3 is 2.68 bits per heavy atom. The number of carbonyl (C=O) groups excluding carboxylic acids is 1. The van der Waals surface area contributed by atoms with Gasteiger partial charge in [0.05, 0.1) is 13.3 Å². The molecule has 0 fully saturated rings. The quantitative estimate of drug-likeness (QED) is 0.657. The molecular formula is C23H23N3O2. The second kappa shape index (κ2) is 7.72. The Balaban J connectivity index is 1.56. The Hall–Kier alpha value is -3.34. The third-order valence-corrected chi connectivity index (χ3v) is 5.17. The Morgan fingerprint density at radius 2 is 1.96 bits per heavy atom. The number of aryl methyl sites for hydroxylation is 1. The van der Waals surface area contributed by atoms with E-state index >= 15 is 0 Å². The van der Waals surface area contributed by atoms with Gasteiger partial charge in [0.15, 0.2) is 0 Å². The van der Waals surface area contributed by atoms with Crippen molar-refractivity contribution in [2.75, 3.05) is 13.7 Å². The molecule has 4 rings (SSSR count). The van der Waals surface area contributed by atoms with Crippen molar-refractivity contribution in [3.05, 3.63) is 89.3 Å². The monoisotopic (exact) mass is 373 g/mol. The lowest BCUT2D eigenvalue weighted by Gasteiger charge is -2.34. The number of nitrogens with zero attached hydrogens (tertiary/aromatic N) is 3. The van der Waals surface area contributed by atoms with Crippen molar-refractivity contribution < 1.29 is 9.53 Å². The summed E-state index contributed by atoms with van der Waals surface area (Å²) in [5.41, 5.74) is 4.56. The van der Waals surface area contributed by atoms with E-state index < -0.39 is 0 Å². The average Bonchev–Trinajstić information content (AvgIpc) is 3.17. The fourth-order valence-electron chi connectivity index (χ4n) is 3.67. The van der Waals surface area contributed by atoms with Gasteiger partial charge in [-0.3, -0.25) is 9.48 Å². The van der Waals surface area contributed by atoms with Gasteiger partial charge >= 0.3 is 0 Å². The zero-order valence-corrected chi connectivity index (χ0v) is 16.1. The van der Waals surface area contributed by atoms with Crippen molar-refractivity contribution in [2.24, 2.45) is 7.05 Å². The van der Waals surface area contributed by atoms with Gasteiger partial charge in [0, 0.05) is 38.3 Å². The van der Waals surface area contributed by atoms with Crippen LogP contribution in [0.15, 0.2) is 67.0 Å². The van der Waals surface area contributed by atoms with Gasteiger partial charge in [0.25, 0.3) is 0 Å². The van der Waals surface area contributed by atoms with Crippen molar-refractivity contribution >= 4 is 12.0 Å². The molecule has 3 aromatic rings. The first-order valence-electron chi connectivity index (χ1n) is 9.31. The van der Waals surface area contributed by atoms with E-state index in [9.17, 15) is 4.79 Å². The van der Waals surface area contributed by atoms with E-state index in [0.29, 0.717) is 13.1 Å². The van der Waals surface area contributed by atoms with Crippen LogP contribution < -0.4 is 4.74 Å². The Kier molecular flexibility index (Phi) is 4.98. The topological polar surface area (TPSA) is 47.4 Å². The summed E-state index contributed by atoms with van der Waals surface area (Å²) in [6.45, 7) is 1.27. The number of ether oxygens (including phenoxy) is 1. The van der Waals surface area contributed by atoms with Crippen molar-refractivity contribution in [2.45, 2.75) is 12.5 Å². The number of aromatic nitrogens is 2. The van der Waals surface area contributed by atoms with Crippen LogP contribution in [0.4, 0.5) is 0 Å². The summed E-state index contributed by atoms with van der Waals surface area (Å²) in [5.74, 6) is 0.951. The first-order chi connectivity index (χ1) is 13.6. The largest absolute Gasteiger partial charge is 0.497 e. The lowest BCUT2D eigenvalue weighted by atomic mass is 9.86. The van der Waals surface area contributed by atoms with Gasteiger partial charge in [0.1, 0.15) is 5.75 Å². The molecule has 5 nitrogen and oxygen atoms in total. The molecule has 0 aliphatic carbocycles. The van der Waals surface area contributed by atoms with E-state index in [1.54, 1.807) is 13.2 Å². The smallest absolute Gasteiger partial charge is 0.246 e. The molecular weight excluding hydrogens is 350 g/mol. The molecule has 0 saturated carbocycles. The zero-order chi connectivity index (χ0) is 19.5.